The molecule has 0 spiro atoms. The lowest BCUT2D eigenvalue weighted by Gasteiger charge is -2.27. The molecule has 1 aliphatic rings. The van der Waals surface area contributed by atoms with Gasteiger partial charge in [0.15, 0.2) is 11.6 Å². The number of fused-ring (bicyclic) bond motifs is 1. The maximum absolute atomic E-state index is 12.8. The number of rotatable bonds is 11. The van der Waals surface area contributed by atoms with E-state index in [0.29, 0.717) is 23.1 Å². The van der Waals surface area contributed by atoms with Crippen LogP contribution in [0.15, 0.2) is 127 Å². The van der Waals surface area contributed by atoms with Gasteiger partial charge in [-0.3, -0.25) is 9.59 Å². The monoisotopic (exact) mass is 596 g/mol. The van der Waals surface area contributed by atoms with E-state index in [1.165, 1.54) is 15.9 Å². The summed E-state index contributed by atoms with van der Waals surface area (Å²) in [6.45, 7) is 0. The number of unbranched alkanes of at least 4 members (excludes halogenated alkanes) is 4. The molecule has 5 rings (SSSR count). The zero-order chi connectivity index (χ0) is 26.2. The zero-order valence-corrected chi connectivity index (χ0v) is 24.6. The van der Waals surface area contributed by atoms with Gasteiger partial charge in [0, 0.05) is 16.7 Å². The van der Waals surface area contributed by atoms with Crippen LogP contribution in [0.5, 0.6) is 0 Å². The van der Waals surface area contributed by atoms with E-state index in [1.54, 1.807) is 18.2 Å². The van der Waals surface area contributed by atoms with Gasteiger partial charge in [0.05, 0.1) is 6.16 Å². The second-order valence-corrected chi connectivity index (χ2v) is 13.6. The lowest BCUT2D eigenvalue weighted by molar-refractivity contribution is -0.0000214. The third-order valence-electron chi connectivity index (χ3n) is 7.56. The number of allylic oxidation sites excluding steroid dienone is 2. The lowest BCUT2D eigenvalue weighted by atomic mass is 9.87. The maximum atomic E-state index is 12.8. The Balaban J connectivity index is 0.00000353. The van der Waals surface area contributed by atoms with Crippen LogP contribution < -0.4 is 32.9 Å². The molecule has 0 amide bonds. The average molecular weight is 598 g/mol. The number of hydrogen-bond donors (Lipinski definition) is 0. The number of hydrogen-bond acceptors (Lipinski definition) is 2. The van der Waals surface area contributed by atoms with Gasteiger partial charge < -0.3 is 17.0 Å². The molecule has 0 heterocycles. The third-order valence-corrected chi connectivity index (χ3v) is 12.1. The largest absolute Gasteiger partial charge is 1.00 e. The molecule has 0 atom stereocenters. The molecule has 39 heavy (non-hydrogen) atoms. The summed E-state index contributed by atoms with van der Waals surface area (Å²) < 4.78 is 0. The van der Waals surface area contributed by atoms with E-state index in [2.05, 4.69) is 91.0 Å². The summed E-state index contributed by atoms with van der Waals surface area (Å²) in [4.78, 5) is 25.3. The van der Waals surface area contributed by atoms with Gasteiger partial charge in [-0.15, -0.1) is 0 Å². The first-order valence-corrected chi connectivity index (χ1v) is 15.6. The Morgan fingerprint density at radius 1 is 0.487 bits per heavy atom. The van der Waals surface area contributed by atoms with Gasteiger partial charge in [0.2, 0.25) is 0 Å². The van der Waals surface area contributed by atoms with Crippen LogP contribution in [0.2, 0.25) is 0 Å². The standard InChI is InChI=1S/C35H34O2P.BrH/c36-34-27-28(35(37)33-25-15-14-24-32(33)34)17-7-2-1-3-16-26-38(29-18-8-4-9-19-29,30-20-10-5-11-21-30)31-22-12-6-13-23-31;/h4-6,8-15,18-25,27H,1-3,7,16-17,26H2;1H/q+1;/p-1. The fraction of sp³-hybridized carbons (Fsp3) is 0.200. The van der Waals surface area contributed by atoms with E-state index < -0.39 is 7.26 Å². The van der Waals surface area contributed by atoms with Gasteiger partial charge in [-0.1, -0.05) is 91.7 Å². The normalized spacial score (nSPS) is 12.9. The number of benzene rings is 4. The van der Waals surface area contributed by atoms with Gasteiger partial charge in [0.1, 0.15) is 23.2 Å². The predicted octanol–water partition coefficient (Wildman–Crippen LogP) is 4.33. The molecule has 0 fully saturated rings. The highest BCUT2D eigenvalue weighted by Gasteiger charge is 2.44. The summed E-state index contributed by atoms with van der Waals surface area (Å²) in [5.74, 6) is -0.0263. The summed E-state index contributed by atoms with van der Waals surface area (Å²) in [5.41, 5.74) is 1.75. The molecule has 4 aromatic rings. The molecular weight excluding hydrogens is 563 g/mol. The molecule has 4 aromatic carbocycles. The van der Waals surface area contributed by atoms with Crippen molar-refractivity contribution in [2.75, 3.05) is 6.16 Å². The molecule has 0 aliphatic heterocycles. The number of ketones is 2. The Morgan fingerprint density at radius 2 is 0.923 bits per heavy atom. The molecular formula is C35H34BrO2P. The van der Waals surface area contributed by atoms with Gasteiger partial charge >= 0.3 is 0 Å². The molecule has 0 N–H and O–H groups in total. The van der Waals surface area contributed by atoms with Crippen molar-refractivity contribution >= 4 is 34.7 Å². The Morgan fingerprint density at radius 3 is 1.46 bits per heavy atom. The van der Waals surface area contributed by atoms with Crippen molar-refractivity contribution < 1.29 is 26.6 Å². The summed E-state index contributed by atoms with van der Waals surface area (Å²) in [6.07, 6.45) is 8.81. The quantitative estimate of drug-likeness (QED) is 0.191. The number of carbonyl (C=O) groups is 2. The Bertz CT molecular complexity index is 1320. The molecule has 198 valence electrons. The van der Waals surface area contributed by atoms with Crippen molar-refractivity contribution in [3.63, 3.8) is 0 Å². The Labute approximate surface area is 243 Å². The van der Waals surface area contributed by atoms with Crippen molar-refractivity contribution in [3.05, 3.63) is 138 Å². The molecule has 0 radical (unpaired) electrons. The summed E-state index contributed by atoms with van der Waals surface area (Å²) in [7, 11) is -1.77. The van der Waals surface area contributed by atoms with Crippen molar-refractivity contribution in [2.24, 2.45) is 0 Å². The highest BCUT2D eigenvalue weighted by Crippen LogP contribution is 2.56. The summed E-state index contributed by atoms with van der Waals surface area (Å²) in [6, 6.07) is 40.3. The minimum atomic E-state index is -1.77. The van der Waals surface area contributed by atoms with Crippen LogP contribution >= 0.6 is 7.26 Å². The SMILES string of the molecule is O=C1C=C(CCCCCCC[P+](c2ccccc2)(c2ccccc2)c2ccccc2)C(=O)c2ccccc21.[Br-]. The Kier molecular flexibility index (Phi) is 10.2. The van der Waals surface area contributed by atoms with E-state index in [0.717, 1.165) is 38.3 Å². The van der Waals surface area contributed by atoms with Gasteiger partial charge in [-0.2, -0.15) is 0 Å². The highest BCUT2D eigenvalue weighted by molar-refractivity contribution is 7.95. The van der Waals surface area contributed by atoms with Crippen molar-refractivity contribution in [2.45, 2.75) is 38.5 Å². The topological polar surface area (TPSA) is 34.1 Å². The zero-order valence-electron chi connectivity index (χ0n) is 22.1. The maximum Gasteiger partial charge on any atom is 0.189 e. The van der Waals surface area contributed by atoms with E-state index >= 15 is 0 Å². The second-order valence-electron chi connectivity index (χ2n) is 9.97. The van der Waals surface area contributed by atoms with E-state index in [1.807, 2.05) is 12.1 Å². The van der Waals surface area contributed by atoms with Gasteiger partial charge in [-0.25, -0.2) is 0 Å². The van der Waals surface area contributed by atoms with E-state index in [4.69, 9.17) is 0 Å². The van der Waals surface area contributed by atoms with Crippen molar-refractivity contribution in [3.8, 4) is 0 Å². The highest BCUT2D eigenvalue weighted by atomic mass is 79.9. The fourth-order valence-corrected chi connectivity index (χ4v) is 10.0. The van der Waals surface area contributed by atoms with Crippen LogP contribution in [-0.4, -0.2) is 17.7 Å². The van der Waals surface area contributed by atoms with Crippen LogP contribution in [0.3, 0.4) is 0 Å². The van der Waals surface area contributed by atoms with Crippen molar-refractivity contribution in [1.82, 2.24) is 0 Å². The van der Waals surface area contributed by atoms with Crippen LogP contribution in [0.1, 0.15) is 59.2 Å². The molecule has 0 saturated heterocycles. The average Bonchev–Trinajstić information content (AvgIpc) is 2.98. The fourth-order valence-electron chi connectivity index (χ4n) is 5.63. The molecule has 0 saturated carbocycles. The Hall–Kier alpha value is -3.13. The first-order chi connectivity index (χ1) is 18.7. The first kappa shape index (κ1) is 28.9. The second kappa shape index (κ2) is 13.8. The van der Waals surface area contributed by atoms with Crippen LogP contribution in [0.4, 0.5) is 0 Å². The van der Waals surface area contributed by atoms with Gasteiger partial charge in [0.25, 0.3) is 0 Å². The predicted molar refractivity (Wildman–Crippen MR) is 161 cm³/mol. The minimum Gasteiger partial charge on any atom is -1.00 e. The first-order valence-electron chi connectivity index (χ1n) is 13.6. The van der Waals surface area contributed by atoms with Crippen molar-refractivity contribution in [1.29, 1.82) is 0 Å². The number of Topliss-reactive ketones (excluding diaryl/α,β-unsaturated/α-hetero) is 1. The molecule has 4 heteroatoms. The van der Waals surface area contributed by atoms with Crippen LogP contribution in [-0.2, 0) is 0 Å². The summed E-state index contributed by atoms with van der Waals surface area (Å²) >= 11 is 0. The minimum absolute atomic E-state index is 0. The number of carbonyl (C=O) groups excluding carboxylic acids is 2. The van der Waals surface area contributed by atoms with Crippen LogP contribution in [0.25, 0.3) is 0 Å². The molecule has 2 nitrogen and oxygen atoms in total. The smallest absolute Gasteiger partial charge is 0.189 e. The lowest BCUT2D eigenvalue weighted by Crippen LogP contribution is -3.00. The van der Waals surface area contributed by atoms with E-state index in [9.17, 15) is 9.59 Å². The molecule has 1 aliphatic carbocycles. The van der Waals surface area contributed by atoms with Gasteiger partial charge in [-0.05, 0) is 68.2 Å². The number of halogens is 1. The summed E-state index contributed by atoms with van der Waals surface area (Å²) in [5, 5.41) is 4.31. The van der Waals surface area contributed by atoms with Crippen LogP contribution in [0, 0.1) is 0 Å². The molecule has 0 unspecified atom stereocenters. The molecule has 0 aromatic heterocycles. The molecule has 0 bridgehead atoms. The third kappa shape index (κ3) is 6.38. The van der Waals surface area contributed by atoms with E-state index in [-0.39, 0.29) is 28.5 Å².